The summed E-state index contributed by atoms with van der Waals surface area (Å²) in [5.41, 5.74) is 7.05. The Morgan fingerprint density at radius 3 is 2.29 bits per heavy atom. The van der Waals surface area contributed by atoms with Gasteiger partial charge in [0.2, 0.25) is 11.8 Å². The third-order valence-electron chi connectivity index (χ3n) is 1.53. The van der Waals surface area contributed by atoms with E-state index in [0.717, 1.165) is 0 Å². The molecular formula is C8H18N4O2. The molecular weight excluding hydrogens is 184 g/mol. The SMILES string of the molecule is CC(C)CN(CC(N)=O)CC(=O)NN. The Bertz CT molecular complexity index is 206. The van der Waals surface area contributed by atoms with Crippen LogP contribution < -0.4 is 17.0 Å². The molecule has 0 heterocycles. The summed E-state index contributed by atoms with van der Waals surface area (Å²) >= 11 is 0. The standard InChI is InChI=1S/C8H18N4O2/c1-6(2)3-12(4-7(9)13)5-8(14)11-10/h6H,3-5,10H2,1-2H3,(H2,9,13)(H,11,14). The van der Waals surface area contributed by atoms with E-state index in [0.29, 0.717) is 12.5 Å². The van der Waals surface area contributed by atoms with Crippen molar-refractivity contribution in [3.8, 4) is 0 Å². The van der Waals surface area contributed by atoms with Crippen LogP contribution in [0, 0.1) is 5.92 Å². The van der Waals surface area contributed by atoms with Crippen molar-refractivity contribution in [2.24, 2.45) is 17.5 Å². The molecule has 0 radical (unpaired) electrons. The van der Waals surface area contributed by atoms with Gasteiger partial charge in [-0.3, -0.25) is 19.9 Å². The van der Waals surface area contributed by atoms with Crippen molar-refractivity contribution in [2.45, 2.75) is 13.8 Å². The zero-order chi connectivity index (χ0) is 11.1. The number of amides is 2. The van der Waals surface area contributed by atoms with Crippen molar-refractivity contribution in [1.29, 1.82) is 0 Å². The van der Waals surface area contributed by atoms with Gasteiger partial charge in [0, 0.05) is 6.54 Å². The number of nitrogens with one attached hydrogen (secondary N) is 1. The molecule has 6 heteroatoms. The van der Waals surface area contributed by atoms with Crippen LogP contribution in [-0.2, 0) is 9.59 Å². The molecule has 0 aliphatic carbocycles. The summed E-state index contributed by atoms with van der Waals surface area (Å²) < 4.78 is 0. The summed E-state index contributed by atoms with van der Waals surface area (Å²) in [4.78, 5) is 23.3. The van der Waals surface area contributed by atoms with Crippen LogP contribution in [0.25, 0.3) is 0 Å². The average molecular weight is 202 g/mol. The van der Waals surface area contributed by atoms with Crippen molar-refractivity contribution >= 4 is 11.8 Å². The van der Waals surface area contributed by atoms with Crippen LogP contribution in [0.2, 0.25) is 0 Å². The maximum atomic E-state index is 11.0. The van der Waals surface area contributed by atoms with Gasteiger partial charge in [0.15, 0.2) is 0 Å². The van der Waals surface area contributed by atoms with Crippen LogP contribution in [0.1, 0.15) is 13.8 Å². The predicted octanol–water partition coefficient (Wildman–Crippen LogP) is -1.58. The zero-order valence-corrected chi connectivity index (χ0v) is 8.62. The number of hydrogen-bond donors (Lipinski definition) is 3. The minimum atomic E-state index is -0.449. The smallest absolute Gasteiger partial charge is 0.248 e. The summed E-state index contributed by atoms with van der Waals surface area (Å²) in [6, 6.07) is 0. The fourth-order valence-electron chi connectivity index (χ4n) is 1.17. The number of primary amides is 1. The molecule has 0 aromatic rings. The van der Waals surface area contributed by atoms with E-state index >= 15 is 0 Å². The first-order valence-corrected chi connectivity index (χ1v) is 4.45. The van der Waals surface area contributed by atoms with Gasteiger partial charge in [0.1, 0.15) is 0 Å². The predicted molar refractivity (Wildman–Crippen MR) is 52.8 cm³/mol. The molecule has 0 aliphatic rings. The van der Waals surface area contributed by atoms with Gasteiger partial charge >= 0.3 is 0 Å². The van der Waals surface area contributed by atoms with E-state index in [1.807, 2.05) is 19.3 Å². The summed E-state index contributed by atoms with van der Waals surface area (Å²) in [5.74, 6) is 4.53. The van der Waals surface area contributed by atoms with E-state index < -0.39 is 5.91 Å². The maximum Gasteiger partial charge on any atom is 0.248 e. The Morgan fingerprint density at radius 1 is 1.36 bits per heavy atom. The van der Waals surface area contributed by atoms with Gasteiger partial charge in [-0.2, -0.15) is 0 Å². The molecule has 0 fully saturated rings. The molecule has 0 aliphatic heterocycles. The number of nitrogens with two attached hydrogens (primary N) is 2. The topological polar surface area (TPSA) is 101 Å². The van der Waals surface area contributed by atoms with Crippen LogP contribution in [0.15, 0.2) is 0 Å². The second-order valence-electron chi connectivity index (χ2n) is 3.60. The van der Waals surface area contributed by atoms with Crippen LogP contribution >= 0.6 is 0 Å². The van der Waals surface area contributed by atoms with E-state index in [2.05, 4.69) is 0 Å². The largest absolute Gasteiger partial charge is 0.369 e. The Hall–Kier alpha value is -1.14. The molecule has 0 aromatic carbocycles. The van der Waals surface area contributed by atoms with Crippen molar-refractivity contribution in [3.05, 3.63) is 0 Å². The van der Waals surface area contributed by atoms with Crippen LogP contribution in [0.4, 0.5) is 0 Å². The molecule has 0 saturated carbocycles. The minimum absolute atomic E-state index is 0.0750. The highest BCUT2D eigenvalue weighted by Gasteiger charge is 2.13. The minimum Gasteiger partial charge on any atom is -0.369 e. The molecule has 0 unspecified atom stereocenters. The number of carbonyl (C=O) groups is 2. The van der Waals surface area contributed by atoms with Gasteiger partial charge in [0.05, 0.1) is 13.1 Å². The van der Waals surface area contributed by atoms with Crippen LogP contribution in [-0.4, -0.2) is 36.3 Å². The monoisotopic (exact) mass is 202 g/mol. The molecule has 0 aromatic heterocycles. The van der Waals surface area contributed by atoms with Crippen molar-refractivity contribution in [3.63, 3.8) is 0 Å². The third kappa shape index (κ3) is 6.38. The Balaban J connectivity index is 4.09. The van der Waals surface area contributed by atoms with Crippen molar-refractivity contribution in [1.82, 2.24) is 10.3 Å². The third-order valence-corrected chi connectivity index (χ3v) is 1.53. The van der Waals surface area contributed by atoms with Crippen LogP contribution in [0.5, 0.6) is 0 Å². The van der Waals surface area contributed by atoms with Crippen molar-refractivity contribution in [2.75, 3.05) is 19.6 Å². The second-order valence-corrected chi connectivity index (χ2v) is 3.60. The molecule has 0 spiro atoms. The Kier molecular flexibility index (Phi) is 5.82. The van der Waals surface area contributed by atoms with E-state index in [1.54, 1.807) is 4.90 Å². The lowest BCUT2D eigenvalue weighted by Gasteiger charge is -2.21. The molecule has 0 atom stereocenters. The highest BCUT2D eigenvalue weighted by atomic mass is 16.2. The molecule has 5 N–H and O–H groups in total. The summed E-state index contributed by atoms with van der Waals surface area (Å²) in [5, 5.41) is 0. The number of carbonyl (C=O) groups excluding carboxylic acids is 2. The van der Waals surface area contributed by atoms with E-state index in [4.69, 9.17) is 11.6 Å². The second kappa shape index (κ2) is 6.33. The van der Waals surface area contributed by atoms with Crippen molar-refractivity contribution < 1.29 is 9.59 Å². The number of nitrogens with zero attached hydrogens (tertiary/aromatic N) is 1. The fraction of sp³-hybridized carbons (Fsp3) is 0.750. The lowest BCUT2D eigenvalue weighted by molar-refractivity contribution is -0.124. The molecule has 0 bridgehead atoms. The summed E-state index contributed by atoms with van der Waals surface area (Å²) in [6.45, 7) is 4.79. The van der Waals surface area contributed by atoms with E-state index in [-0.39, 0.29) is 19.0 Å². The average Bonchev–Trinajstić information content (AvgIpc) is 2.01. The normalized spacial score (nSPS) is 10.6. The lowest BCUT2D eigenvalue weighted by Crippen LogP contribution is -2.44. The van der Waals surface area contributed by atoms with Gasteiger partial charge in [-0.15, -0.1) is 0 Å². The molecule has 0 rings (SSSR count). The molecule has 2 amide bonds. The molecule has 6 nitrogen and oxygen atoms in total. The maximum absolute atomic E-state index is 11.0. The molecule has 0 saturated heterocycles. The zero-order valence-electron chi connectivity index (χ0n) is 8.62. The first kappa shape index (κ1) is 12.9. The van der Waals surface area contributed by atoms with E-state index in [1.165, 1.54) is 0 Å². The quantitative estimate of drug-likeness (QED) is 0.275. The van der Waals surface area contributed by atoms with Gasteiger partial charge in [-0.1, -0.05) is 13.8 Å². The highest BCUT2D eigenvalue weighted by molar-refractivity contribution is 5.79. The summed E-state index contributed by atoms with van der Waals surface area (Å²) in [7, 11) is 0. The van der Waals surface area contributed by atoms with Gasteiger partial charge in [-0.25, -0.2) is 5.84 Å². The first-order valence-electron chi connectivity index (χ1n) is 4.45. The van der Waals surface area contributed by atoms with Crippen LogP contribution in [0.3, 0.4) is 0 Å². The first-order chi connectivity index (χ1) is 6.45. The van der Waals surface area contributed by atoms with E-state index in [9.17, 15) is 9.59 Å². The Labute approximate surface area is 83.6 Å². The number of rotatable bonds is 6. The Morgan fingerprint density at radius 2 is 1.93 bits per heavy atom. The fourth-order valence-corrected chi connectivity index (χ4v) is 1.17. The number of hydrogen-bond acceptors (Lipinski definition) is 4. The molecule has 82 valence electrons. The number of hydrazine groups is 1. The summed E-state index contributed by atoms with van der Waals surface area (Å²) in [6.07, 6.45) is 0. The highest BCUT2D eigenvalue weighted by Crippen LogP contribution is 1.97. The molecule has 14 heavy (non-hydrogen) atoms. The van der Waals surface area contributed by atoms with Gasteiger partial charge in [-0.05, 0) is 5.92 Å². The van der Waals surface area contributed by atoms with Gasteiger partial charge < -0.3 is 5.73 Å². The lowest BCUT2D eigenvalue weighted by atomic mass is 10.2. The van der Waals surface area contributed by atoms with Gasteiger partial charge in [0.25, 0.3) is 0 Å².